The van der Waals surface area contributed by atoms with Crippen LogP contribution < -0.4 is 5.56 Å². The van der Waals surface area contributed by atoms with E-state index in [9.17, 15) is 9.59 Å². The average molecular weight is 356 g/mol. The van der Waals surface area contributed by atoms with Crippen molar-refractivity contribution >= 4 is 22.1 Å². The molecule has 0 atom stereocenters. The predicted octanol–water partition coefficient (Wildman–Crippen LogP) is 3.09. The summed E-state index contributed by atoms with van der Waals surface area (Å²) < 4.78 is 3.35. The number of ketones is 1. The van der Waals surface area contributed by atoms with Gasteiger partial charge in [-0.05, 0) is 32.8 Å². The van der Waals surface area contributed by atoms with Gasteiger partial charge in [-0.1, -0.05) is 6.92 Å². The van der Waals surface area contributed by atoms with Crippen LogP contribution in [0.1, 0.15) is 64.6 Å². The van der Waals surface area contributed by atoms with Gasteiger partial charge in [0.1, 0.15) is 5.69 Å². The molecule has 0 amide bonds. The zero-order valence-corrected chi connectivity index (χ0v) is 15.4. The monoisotopic (exact) mass is 356 g/mol. The SMILES string of the molecule is CCC(=O)c1c(C)sc2nc(Cn3nc(C4CC4)cc3C)cc(=O)n12. The van der Waals surface area contributed by atoms with Crippen LogP contribution in [0.15, 0.2) is 16.9 Å². The molecule has 4 rings (SSSR count). The molecule has 0 radical (unpaired) electrons. The number of carbonyl (C=O) groups is 1. The van der Waals surface area contributed by atoms with Crippen molar-refractivity contribution in [2.45, 2.75) is 52.5 Å². The molecule has 130 valence electrons. The van der Waals surface area contributed by atoms with Crippen LogP contribution in [0.25, 0.3) is 4.96 Å². The molecule has 0 spiro atoms. The van der Waals surface area contributed by atoms with Gasteiger partial charge in [0.05, 0.1) is 17.9 Å². The van der Waals surface area contributed by atoms with Gasteiger partial charge < -0.3 is 0 Å². The first-order valence-electron chi connectivity index (χ1n) is 8.57. The van der Waals surface area contributed by atoms with Gasteiger partial charge in [-0.2, -0.15) is 5.10 Å². The largest absolute Gasteiger partial charge is 0.292 e. The molecule has 1 aliphatic rings. The van der Waals surface area contributed by atoms with Crippen LogP contribution in [0.3, 0.4) is 0 Å². The topological polar surface area (TPSA) is 69.3 Å². The summed E-state index contributed by atoms with van der Waals surface area (Å²) in [6.45, 7) is 6.16. The molecule has 0 unspecified atom stereocenters. The average Bonchev–Trinajstić information content (AvgIpc) is 3.27. The van der Waals surface area contributed by atoms with Crippen LogP contribution >= 0.6 is 11.3 Å². The molecule has 0 saturated heterocycles. The van der Waals surface area contributed by atoms with E-state index in [1.54, 1.807) is 6.92 Å². The number of fused-ring (bicyclic) bond motifs is 1. The molecular formula is C18H20N4O2S. The summed E-state index contributed by atoms with van der Waals surface area (Å²) in [6, 6.07) is 3.64. The third-order valence-electron chi connectivity index (χ3n) is 4.64. The Bertz CT molecular complexity index is 1040. The van der Waals surface area contributed by atoms with E-state index in [2.05, 4.69) is 16.1 Å². The lowest BCUT2D eigenvalue weighted by Gasteiger charge is -2.05. The molecular weight excluding hydrogens is 336 g/mol. The molecule has 0 N–H and O–H groups in total. The maximum atomic E-state index is 12.6. The van der Waals surface area contributed by atoms with Crippen molar-refractivity contribution in [1.29, 1.82) is 0 Å². The Hall–Kier alpha value is -2.28. The second-order valence-electron chi connectivity index (χ2n) is 6.63. The van der Waals surface area contributed by atoms with Crippen LogP contribution in [-0.4, -0.2) is 24.9 Å². The first-order valence-corrected chi connectivity index (χ1v) is 9.39. The van der Waals surface area contributed by atoms with Gasteiger partial charge in [0.15, 0.2) is 10.7 Å². The molecule has 1 saturated carbocycles. The van der Waals surface area contributed by atoms with E-state index >= 15 is 0 Å². The fraction of sp³-hybridized carbons (Fsp3) is 0.444. The van der Waals surface area contributed by atoms with Gasteiger partial charge in [0, 0.05) is 29.0 Å². The number of hydrogen-bond acceptors (Lipinski definition) is 5. The summed E-state index contributed by atoms with van der Waals surface area (Å²) in [4.78, 5) is 30.8. The summed E-state index contributed by atoms with van der Waals surface area (Å²) >= 11 is 1.39. The minimum Gasteiger partial charge on any atom is -0.292 e. The number of aromatic nitrogens is 4. The normalized spacial score (nSPS) is 14.4. The van der Waals surface area contributed by atoms with E-state index in [1.165, 1.54) is 34.6 Å². The number of aryl methyl sites for hydroxylation is 2. The first-order chi connectivity index (χ1) is 12.0. The van der Waals surface area contributed by atoms with Crippen molar-refractivity contribution in [3.8, 4) is 0 Å². The molecule has 3 aromatic heterocycles. The summed E-state index contributed by atoms with van der Waals surface area (Å²) in [6.07, 6.45) is 2.80. The number of Topliss-reactive ketones (excluding diaryl/α,β-unsaturated/α-hetero) is 1. The number of hydrogen-bond donors (Lipinski definition) is 0. The Morgan fingerprint density at radius 2 is 2.08 bits per heavy atom. The molecule has 0 bridgehead atoms. The summed E-state index contributed by atoms with van der Waals surface area (Å²) in [5.41, 5.74) is 3.16. The molecule has 0 aliphatic heterocycles. The number of nitrogens with zero attached hydrogens (tertiary/aromatic N) is 4. The van der Waals surface area contributed by atoms with E-state index < -0.39 is 0 Å². The predicted molar refractivity (Wildman–Crippen MR) is 96.7 cm³/mol. The Balaban J connectivity index is 1.74. The van der Waals surface area contributed by atoms with E-state index in [0.29, 0.717) is 35.2 Å². The van der Waals surface area contributed by atoms with Gasteiger partial charge in [0.25, 0.3) is 5.56 Å². The molecule has 0 aromatic carbocycles. The zero-order chi connectivity index (χ0) is 17.7. The third kappa shape index (κ3) is 2.82. The quantitative estimate of drug-likeness (QED) is 0.659. The van der Waals surface area contributed by atoms with Crippen LogP contribution in [0.4, 0.5) is 0 Å². The van der Waals surface area contributed by atoms with Gasteiger partial charge in [0.2, 0.25) is 0 Å². The lowest BCUT2D eigenvalue weighted by molar-refractivity contribution is 0.0982. The minimum atomic E-state index is -0.201. The fourth-order valence-corrected chi connectivity index (χ4v) is 4.13. The molecule has 3 aromatic rings. The Labute approximate surface area is 149 Å². The molecule has 6 nitrogen and oxygen atoms in total. The lowest BCUT2D eigenvalue weighted by atomic mass is 10.2. The van der Waals surface area contributed by atoms with Crippen molar-refractivity contribution in [3.05, 3.63) is 50.1 Å². The fourth-order valence-electron chi connectivity index (χ4n) is 3.12. The minimum absolute atomic E-state index is 0.0302. The van der Waals surface area contributed by atoms with Gasteiger partial charge in [-0.15, -0.1) is 11.3 Å². The van der Waals surface area contributed by atoms with Crippen molar-refractivity contribution in [3.63, 3.8) is 0 Å². The van der Waals surface area contributed by atoms with Crippen molar-refractivity contribution in [1.82, 2.24) is 19.2 Å². The number of carbonyl (C=O) groups excluding carboxylic acids is 1. The maximum absolute atomic E-state index is 12.6. The Morgan fingerprint density at radius 3 is 2.76 bits per heavy atom. The van der Waals surface area contributed by atoms with E-state index in [0.717, 1.165) is 16.3 Å². The van der Waals surface area contributed by atoms with Crippen LogP contribution in [0, 0.1) is 13.8 Å². The van der Waals surface area contributed by atoms with Crippen molar-refractivity contribution < 1.29 is 4.79 Å². The first kappa shape index (κ1) is 16.2. The van der Waals surface area contributed by atoms with Gasteiger partial charge in [-0.3, -0.25) is 14.3 Å². The highest BCUT2D eigenvalue weighted by Gasteiger charge is 2.26. The smallest absolute Gasteiger partial charge is 0.259 e. The Morgan fingerprint density at radius 1 is 1.32 bits per heavy atom. The summed E-state index contributed by atoms with van der Waals surface area (Å²) in [7, 11) is 0. The molecule has 25 heavy (non-hydrogen) atoms. The van der Waals surface area contributed by atoms with Gasteiger partial charge >= 0.3 is 0 Å². The second kappa shape index (κ2) is 5.91. The molecule has 7 heteroatoms. The van der Waals surface area contributed by atoms with Gasteiger partial charge in [-0.25, -0.2) is 9.38 Å². The number of thiazole rings is 1. The maximum Gasteiger partial charge on any atom is 0.259 e. The second-order valence-corrected chi connectivity index (χ2v) is 7.81. The van der Waals surface area contributed by atoms with Crippen molar-refractivity contribution in [2.24, 2.45) is 0 Å². The highest BCUT2D eigenvalue weighted by atomic mass is 32.1. The molecule has 3 heterocycles. The van der Waals surface area contributed by atoms with Crippen LogP contribution in [0.2, 0.25) is 0 Å². The highest BCUT2D eigenvalue weighted by molar-refractivity contribution is 7.17. The van der Waals surface area contributed by atoms with Crippen LogP contribution in [-0.2, 0) is 6.54 Å². The van der Waals surface area contributed by atoms with E-state index in [4.69, 9.17) is 0 Å². The summed E-state index contributed by atoms with van der Waals surface area (Å²) in [5.74, 6) is 0.570. The third-order valence-corrected chi connectivity index (χ3v) is 5.59. The van der Waals surface area contributed by atoms with Crippen molar-refractivity contribution in [2.75, 3.05) is 0 Å². The lowest BCUT2D eigenvalue weighted by Crippen LogP contribution is -2.20. The zero-order valence-electron chi connectivity index (χ0n) is 14.6. The molecule has 1 fully saturated rings. The highest BCUT2D eigenvalue weighted by Crippen LogP contribution is 2.39. The standard InChI is InChI=1S/C18H20N4O2S/c1-4-15(23)17-11(3)25-18-19-13(8-16(24)22(17)18)9-21-10(2)7-14(20-21)12-5-6-12/h7-8,12H,4-6,9H2,1-3H3. The van der Waals surface area contributed by atoms with E-state index in [-0.39, 0.29) is 11.3 Å². The summed E-state index contributed by atoms with van der Waals surface area (Å²) in [5, 5.41) is 4.66. The molecule has 1 aliphatic carbocycles. The number of rotatable bonds is 5. The Kier molecular flexibility index (Phi) is 3.83. The van der Waals surface area contributed by atoms with Crippen LogP contribution in [0.5, 0.6) is 0 Å². The van der Waals surface area contributed by atoms with E-state index in [1.807, 2.05) is 18.5 Å².